The summed E-state index contributed by atoms with van der Waals surface area (Å²) in [4.78, 5) is 11.6. The second-order valence-electron chi connectivity index (χ2n) is 5.35. The maximum absolute atomic E-state index is 11.6. The molecule has 0 spiro atoms. The summed E-state index contributed by atoms with van der Waals surface area (Å²) in [6.07, 6.45) is 3.65. The number of para-hydroxylation sites is 1. The van der Waals surface area contributed by atoms with Crippen LogP contribution in [-0.2, 0) is 11.3 Å². The molecule has 0 unspecified atom stereocenters. The van der Waals surface area contributed by atoms with E-state index in [1.807, 2.05) is 18.2 Å². The molecule has 0 aromatic heterocycles. The van der Waals surface area contributed by atoms with Gasteiger partial charge in [-0.1, -0.05) is 30.7 Å². The van der Waals surface area contributed by atoms with Crippen molar-refractivity contribution in [3.8, 4) is 5.75 Å². The maximum atomic E-state index is 11.6. The largest absolute Gasteiger partial charge is 0.491 e. The minimum atomic E-state index is 0.0511. The summed E-state index contributed by atoms with van der Waals surface area (Å²) < 4.78 is 5.74. The molecule has 1 aromatic carbocycles. The zero-order valence-corrected chi connectivity index (χ0v) is 13.2. The summed E-state index contributed by atoms with van der Waals surface area (Å²) >= 11 is 6.20. The molecule has 0 saturated heterocycles. The number of amides is 1. The molecule has 1 aliphatic rings. The lowest BCUT2D eigenvalue weighted by Crippen LogP contribution is -2.26. The van der Waals surface area contributed by atoms with Gasteiger partial charge in [0, 0.05) is 18.2 Å². The van der Waals surface area contributed by atoms with Crippen LogP contribution in [0.4, 0.5) is 0 Å². The molecule has 5 heteroatoms. The van der Waals surface area contributed by atoms with Crippen LogP contribution in [-0.4, -0.2) is 25.1 Å². The fourth-order valence-corrected chi connectivity index (χ4v) is 2.28. The van der Waals surface area contributed by atoms with E-state index in [0.717, 1.165) is 37.9 Å². The molecule has 1 aromatic rings. The van der Waals surface area contributed by atoms with Crippen LogP contribution in [0.2, 0.25) is 5.02 Å². The number of hydrogen-bond acceptors (Lipinski definition) is 3. The molecule has 0 radical (unpaired) electrons. The van der Waals surface area contributed by atoms with Crippen LogP contribution in [0.1, 0.15) is 38.2 Å². The Balaban J connectivity index is 1.83. The minimum absolute atomic E-state index is 0.0511. The van der Waals surface area contributed by atoms with Gasteiger partial charge in [0.1, 0.15) is 5.75 Å². The highest BCUT2D eigenvalue weighted by Gasteiger charge is 2.23. The molecule has 21 heavy (non-hydrogen) atoms. The number of carbonyl (C=O) groups excluding carboxylic acids is 1. The summed E-state index contributed by atoms with van der Waals surface area (Å²) in [6.45, 7) is 4.15. The highest BCUT2D eigenvalue weighted by Crippen LogP contribution is 2.28. The number of rotatable bonds is 9. The zero-order chi connectivity index (χ0) is 15.1. The van der Waals surface area contributed by atoms with Gasteiger partial charge in [-0.2, -0.15) is 0 Å². The summed E-state index contributed by atoms with van der Waals surface area (Å²) in [5, 5.41) is 6.87. The Morgan fingerprint density at radius 2 is 2.24 bits per heavy atom. The zero-order valence-electron chi connectivity index (χ0n) is 12.5. The number of benzene rings is 1. The second kappa shape index (κ2) is 8.25. The van der Waals surface area contributed by atoms with E-state index in [4.69, 9.17) is 16.3 Å². The standard InChI is InChI=1S/C16H23ClN2O2/c1-2-9-18-11-12-4-3-5-14(17)16(12)21-10-8-15(20)19-13-6-7-13/h3-5,13,18H,2,6-11H2,1H3,(H,19,20). The van der Waals surface area contributed by atoms with E-state index in [1.165, 1.54) is 0 Å². The lowest BCUT2D eigenvalue weighted by Gasteiger charge is -2.13. The molecule has 1 saturated carbocycles. The van der Waals surface area contributed by atoms with E-state index >= 15 is 0 Å². The van der Waals surface area contributed by atoms with Crippen molar-refractivity contribution in [3.05, 3.63) is 28.8 Å². The third-order valence-corrected chi connectivity index (χ3v) is 3.61. The van der Waals surface area contributed by atoms with Crippen LogP contribution in [0.3, 0.4) is 0 Å². The van der Waals surface area contributed by atoms with E-state index in [9.17, 15) is 4.79 Å². The Kier molecular flexibility index (Phi) is 6.33. The van der Waals surface area contributed by atoms with Gasteiger partial charge in [0.25, 0.3) is 0 Å². The van der Waals surface area contributed by atoms with Gasteiger partial charge in [0.2, 0.25) is 5.91 Å². The van der Waals surface area contributed by atoms with Crippen LogP contribution >= 0.6 is 11.6 Å². The second-order valence-corrected chi connectivity index (χ2v) is 5.75. The molecule has 0 bridgehead atoms. The molecular formula is C16H23ClN2O2. The average Bonchev–Trinajstić information content (AvgIpc) is 3.26. The van der Waals surface area contributed by atoms with Gasteiger partial charge in [-0.05, 0) is 31.9 Å². The summed E-state index contributed by atoms with van der Waals surface area (Å²) in [7, 11) is 0. The first-order chi connectivity index (χ1) is 10.2. The van der Waals surface area contributed by atoms with Crippen molar-refractivity contribution < 1.29 is 9.53 Å². The SMILES string of the molecule is CCCNCc1cccc(Cl)c1OCCC(=O)NC1CC1. The normalized spacial score (nSPS) is 14.0. The summed E-state index contributed by atoms with van der Waals surface area (Å²) in [5.74, 6) is 0.734. The fraction of sp³-hybridized carbons (Fsp3) is 0.562. The van der Waals surface area contributed by atoms with Gasteiger partial charge in [-0.3, -0.25) is 4.79 Å². The van der Waals surface area contributed by atoms with Gasteiger partial charge in [0.05, 0.1) is 18.1 Å². The van der Waals surface area contributed by atoms with Gasteiger partial charge >= 0.3 is 0 Å². The van der Waals surface area contributed by atoms with Crippen molar-refractivity contribution in [2.75, 3.05) is 13.2 Å². The first-order valence-electron chi connectivity index (χ1n) is 7.61. The molecule has 2 rings (SSSR count). The van der Waals surface area contributed by atoms with Gasteiger partial charge in [-0.25, -0.2) is 0 Å². The summed E-state index contributed by atoms with van der Waals surface area (Å²) in [5.41, 5.74) is 1.03. The Morgan fingerprint density at radius 3 is 2.95 bits per heavy atom. The van der Waals surface area contributed by atoms with Crippen LogP contribution in [0.25, 0.3) is 0 Å². The number of hydrogen-bond donors (Lipinski definition) is 2. The van der Waals surface area contributed by atoms with Crippen molar-refractivity contribution in [2.45, 2.75) is 45.2 Å². The topological polar surface area (TPSA) is 50.4 Å². The Labute approximate surface area is 131 Å². The van der Waals surface area contributed by atoms with Gasteiger partial charge < -0.3 is 15.4 Å². The van der Waals surface area contributed by atoms with Crippen molar-refractivity contribution >= 4 is 17.5 Å². The molecular weight excluding hydrogens is 288 g/mol. The fourth-order valence-electron chi connectivity index (χ4n) is 2.03. The van der Waals surface area contributed by atoms with Crippen LogP contribution in [0.5, 0.6) is 5.75 Å². The first kappa shape index (κ1) is 16.1. The molecule has 0 heterocycles. The highest BCUT2D eigenvalue weighted by molar-refractivity contribution is 6.32. The Hall–Kier alpha value is -1.26. The minimum Gasteiger partial charge on any atom is -0.491 e. The number of halogens is 1. The van der Waals surface area contributed by atoms with Gasteiger partial charge in [-0.15, -0.1) is 0 Å². The number of carbonyl (C=O) groups is 1. The Morgan fingerprint density at radius 1 is 1.43 bits per heavy atom. The predicted octanol–water partition coefficient (Wildman–Crippen LogP) is 2.89. The Bertz CT molecular complexity index is 475. The van der Waals surface area contributed by atoms with Crippen molar-refractivity contribution in [1.29, 1.82) is 0 Å². The molecule has 116 valence electrons. The number of ether oxygens (including phenoxy) is 1. The van der Waals surface area contributed by atoms with Crippen LogP contribution in [0, 0.1) is 0 Å². The molecule has 1 fully saturated rings. The van der Waals surface area contributed by atoms with Crippen molar-refractivity contribution in [1.82, 2.24) is 10.6 Å². The van der Waals surface area contributed by atoms with Gasteiger partial charge in [0.15, 0.2) is 0 Å². The van der Waals surface area contributed by atoms with E-state index in [2.05, 4.69) is 17.6 Å². The molecule has 0 aliphatic heterocycles. The molecule has 4 nitrogen and oxygen atoms in total. The first-order valence-corrected chi connectivity index (χ1v) is 7.98. The van der Waals surface area contributed by atoms with E-state index in [-0.39, 0.29) is 5.91 Å². The monoisotopic (exact) mass is 310 g/mol. The van der Waals surface area contributed by atoms with Crippen LogP contribution < -0.4 is 15.4 Å². The lowest BCUT2D eigenvalue weighted by atomic mass is 10.2. The van der Waals surface area contributed by atoms with E-state index < -0.39 is 0 Å². The third kappa shape index (κ3) is 5.56. The quantitative estimate of drug-likeness (QED) is 0.690. The van der Waals surface area contributed by atoms with Crippen molar-refractivity contribution in [2.24, 2.45) is 0 Å². The number of nitrogens with one attached hydrogen (secondary N) is 2. The van der Waals surface area contributed by atoms with Crippen LogP contribution in [0.15, 0.2) is 18.2 Å². The highest BCUT2D eigenvalue weighted by atomic mass is 35.5. The van der Waals surface area contributed by atoms with Crippen molar-refractivity contribution in [3.63, 3.8) is 0 Å². The summed E-state index contributed by atoms with van der Waals surface area (Å²) in [6, 6.07) is 6.11. The third-order valence-electron chi connectivity index (χ3n) is 3.31. The lowest BCUT2D eigenvalue weighted by molar-refractivity contribution is -0.121. The molecule has 2 N–H and O–H groups in total. The predicted molar refractivity (Wildman–Crippen MR) is 84.7 cm³/mol. The van der Waals surface area contributed by atoms with E-state index in [1.54, 1.807) is 0 Å². The average molecular weight is 311 g/mol. The molecule has 0 atom stereocenters. The van der Waals surface area contributed by atoms with E-state index in [0.29, 0.717) is 29.8 Å². The molecule has 1 aliphatic carbocycles. The smallest absolute Gasteiger partial charge is 0.223 e. The maximum Gasteiger partial charge on any atom is 0.223 e. The molecule has 1 amide bonds.